The van der Waals surface area contributed by atoms with Gasteiger partial charge in [0.15, 0.2) is 0 Å². The summed E-state index contributed by atoms with van der Waals surface area (Å²) in [6.07, 6.45) is 0.782. The van der Waals surface area contributed by atoms with Gasteiger partial charge < -0.3 is 9.72 Å². The molecule has 0 saturated carbocycles. The van der Waals surface area contributed by atoms with Gasteiger partial charge in [-0.2, -0.15) is 0 Å². The SMILES string of the molecule is COc1cccc(Cc2nc3c(C)cc(C)cc3[nH]2)c1. The molecule has 0 spiro atoms. The smallest absolute Gasteiger partial charge is 0.119 e. The van der Waals surface area contributed by atoms with Crippen LogP contribution in [0.3, 0.4) is 0 Å². The molecule has 0 atom stereocenters. The summed E-state index contributed by atoms with van der Waals surface area (Å²) in [4.78, 5) is 8.12. The van der Waals surface area contributed by atoms with Crippen LogP contribution in [-0.2, 0) is 6.42 Å². The van der Waals surface area contributed by atoms with Crippen LogP contribution in [0.2, 0.25) is 0 Å². The van der Waals surface area contributed by atoms with Gasteiger partial charge in [0.25, 0.3) is 0 Å². The summed E-state index contributed by atoms with van der Waals surface area (Å²) in [6.45, 7) is 4.21. The molecular formula is C17H18N2O. The Bertz CT molecular complexity index is 759. The zero-order valence-electron chi connectivity index (χ0n) is 12.0. The highest BCUT2D eigenvalue weighted by molar-refractivity contribution is 5.79. The summed E-state index contributed by atoms with van der Waals surface area (Å²) in [5, 5.41) is 0. The Morgan fingerprint density at radius 2 is 2.00 bits per heavy atom. The molecule has 3 rings (SSSR count). The predicted molar refractivity (Wildman–Crippen MR) is 81.4 cm³/mol. The van der Waals surface area contributed by atoms with Crippen LogP contribution in [-0.4, -0.2) is 17.1 Å². The van der Waals surface area contributed by atoms with Crippen LogP contribution in [0.4, 0.5) is 0 Å². The van der Waals surface area contributed by atoms with Gasteiger partial charge in [0, 0.05) is 6.42 Å². The van der Waals surface area contributed by atoms with Gasteiger partial charge in [0.1, 0.15) is 11.6 Å². The zero-order chi connectivity index (χ0) is 14.1. The largest absolute Gasteiger partial charge is 0.497 e. The maximum Gasteiger partial charge on any atom is 0.119 e. The number of hydrogen-bond donors (Lipinski definition) is 1. The maximum atomic E-state index is 5.26. The van der Waals surface area contributed by atoms with Gasteiger partial charge in [0.05, 0.1) is 18.1 Å². The number of aromatic amines is 1. The molecule has 1 heterocycles. The molecule has 0 radical (unpaired) electrons. The van der Waals surface area contributed by atoms with Gasteiger partial charge in [-0.25, -0.2) is 4.98 Å². The highest BCUT2D eigenvalue weighted by atomic mass is 16.5. The van der Waals surface area contributed by atoms with Crippen molar-refractivity contribution in [1.82, 2.24) is 9.97 Å². The third-order valence-corrected chi connectivity index (χ3v) is 3.48. The van der Waals surface area contributed by atoms with Crippen molar-refractivity contribution in [2.45, 2.75) is 20.3 Å². The number of hydrogen-bond acceptors (Lipinski definition) is 2. The molecule has 1 aromatic heterocycles. The van der Waals surface area contributed by atoms with Gasteiger partial charge in [0.2, 0.25) is 0 Å². The van der Waals surface area contributed by atoms with E-state index in [-0.39, 0.29) is 0 Å². The molecular weight excluding hydrogens is 248 g/mol. The number of nitrogens with zero attached hydrogens (tertiary/aromatic N) is 1. The van der Waals surface area contributed by atoms with E-state index in [0.717, 1.165) is 29.0 Å². The van der Waals surface area contributed by atoms with E-state index in [1.807, 2.05) is 18.2 Å². The van der Waals surface area contributed by atoms with Gasteiger partial charge in [-0.15, -0.1) is 0 Å². The van der Waals surface area contributed by atoms with Crippen molar-refractivity contribution in [2.24, 2.45) is 0 Å². The second-order valence-electron chi connectivity index (χ2n) is 5.19. The average molecular weight is 266 g/mol. The Labute approximate surface area is 118 Å². The van der Waals surface area contributed by atoms with E-state index < -0.39 is 0 Å². The average Bonchev–Trinajstić information content (AvgIpc) is 2.81. The lowest BCUT2D eigenvalue weighted by Crippen LogP contribution is -1.91. The monoisotopic (exact) mass is 266 g/mol. The molecule has 3 heteroatoms. The molecule has 0 amide bonds. The summed E-state index contributed by atoms with van der Waals surface area (Å²) in [7, 11) is 1.69. The Kier molecular flexibility index (Phi) is 3.18. The minimum absolute atomic E-state index is 0.782. The van der Waals surface area contributed by atoms with Crippen LogP contribution in [0.15, 0.2) is 36.4 Å². The first kappa shape index (κ1) is 12.7. The number of benzene rings is 2. The number of methoxy groups -OCH3 is 1. The first-order valence-electron chi connectivity index (χ1n) is 6.74. The van der Waals surface area contributed by atoms with Gasteiger partial charge in [-0.3, -0.25) is 0 Å². The molecule has 0 bridgehead atoms. The second kappa shape index (κ2) is 5.00. The Morgan fingerprint density at radius 1 is 1.15 bits per heavy atom. The normalized spacial score (nSPS) is 10.9. The summed E-state index contributed by atoms with van der Waals surface area (Å²) in [5.41, 5.74) is 5.84. The maximum absolute atomic E-state index is 5.26. The number of aromatic nitrogens is 2. The predicted octanol–water partition coefficient (Wildman–Crippen LogP) is 3.78. The lowest BCUT2D eigenvalue weighted by atomic mass is 10.1. The summed E-state index contributed by atoms with van der Waals surface area (Å²) >= 11 is 0. The van der Waals surface area contributed by atoms with Crippen molar-refractivity contribution >= 4 is 11.0 Å². The van der Waals surface area contributed by atoms with E-state index in [2.05, 4.69) is 37.0 Å². The molecule has 3 aromatic rings. The second-order valence-corrected chi connectivity index (χ2v) is 5.19. The van der Waals surface area contributed by atoms with Crippen LogP contribution in [0.5, 0.6) is 5.75 Å². The molecule has 0 aliphatic carbocycles. The lowest BCUT2D eigenvalue weighted by molar-refractivity contribution is 0.414. The van der Waals surface area contributed by atoms with E-state index in [4.69, 9.17) is 9.72 Å². The van der Waals surface area contributed by atoms with Gasteiger partial charge >= 0.3 is 0 Å². The van der Waals surface area contributed by atoms with Crippen molar-refractivity contribution in [1.29, 1.82) is 0 Å². The van der Waals surface area contributed by atoms with Crippen molar-refractivity contribution in [3.8, 4) is 5.75 Å². The van der Waals surface area contributed by atoms with Crippen LogP contribution in [0.25, 0.3) is 11.0 Å². The first-order chi connectivity index (χ1) is 9.65. The number of nitrogens with one attached hydrogen (secondary N) is 1. The first-order valence-corrected chi connectivity index (χ1v) is 6.74. The van der Waals surface area contributed by atoms with Crippen LogP contribution in [0.1, 0.15) is 22.5 Å². The number of fused-ring (bicyclic) bond motifs is 1. The zero-order valence-corrected chi connectivity index (χ0v) is 12.0. The Hall–Kier alpha value is -2.29. The minimum Gasteiger partial charge on any atom is -0.497 e. The van der Waals surface area contributed by atoms with E-state index in [0.29, 0.717) is 0 Å². The van der Waals surface area contributed by atoms with E-state index in [9.17, 15) is 0 Å². The third-order valence-electron chi connectivity index (χ3n) is 3.48. The Morgan fingerprint density at radius 3 is 2.80 bits per heavy atom. The lowest BCUT2D eigenvalue weighted by Gasteiger charge is -2.02. The van der Waals surface area contributed by atoms with E-state index in [1.165, 1.54) is 16.7 Å². The standard InChI is InChI=1S/C17H18N2O/c1-11-7-12(2)17-15(8-11)18-16(19-17)10-13-5-4-6-14(9-13)20-3/h4-9H,10H2,1-3H3,(H,18,19). The molecule has 3 nitrogen and oxygen atoms in total. The molecule has 1 N–H and O–H groups in total. The van der Waals surface area contributed by atoms with Gasteiger partial charge in [-0.05, 0) is 48.7 Å². The molecule has 0 aliphatic heterocycles. The Balaban J connectivity index is 1.96. The van der Waals surface area contributed by atoms with Crippen LogP contribution in [0, 0.1) is 13.8 Å². The summed E-state index contributed by atoms with van der Waals surface area (Å²) in [6, 6.07) is 12.4. The molecule has 0 fully saturated rings. The molecule has 2 aromatic carbocycles. The molecule has 0 aliphatic rings. The summed E-state index contributed by atoms with van der Waals surface area (Å²) in [5.74, 6) is 1.87. The molecule has 0 saturated heterocycles. The van der Waals surface area contributed by atoms with Gasteiger partial charge in [-0.1, -0.05) is 18.2 Å². The van der Waals surface area contributed by atoms with E-state index in [1.54, 1.807) is 7.11 Å². The highest BCUT2D eigenvalue weighted by Gasteiger charge is 2.07. The molecule has 20 heavy (non-hydrogen) atoms. The number of rotatable bonds is 3. The quantitative estimate of drug-likeness (QED) is 0.783. The highest BCUT2D eigenvalue weighted by Crippen LogP contribution is 2.20. The van der Waals surface area contributed by atoms with Crippen molar-refractivity contribution in [3.63, 3.8) is 0 Å². The summed E-state index contributed by atoms with van der Waals surface area (Å²) < 4.78 is 5.26. The minimum atomic E-state index is 0.782. The number of imidazole rings is 1. The number of ether oxygens (including phenoxy) is 1. The fourth-order valence-electron chi connectivity index (χ4n) is 2.58. The van der Waals surface area contributed by atoms with Crippen LogP contribution >= 0.6 is 0 Å². The fraction of sp³-hybridized carbons (Fsp3) is 0.235. The van der Waals surface area contributed by atoms with Crippen molar-refractivity contribution < 1.29 is 4.74 Å². The molecule has 0 unspecified atom stereocenters. The third kappa shape index (κ3) is 2.39. The fourth-order valence-corrected chi connectivity index (χ4v) is 2.58. The number of aryl methyl sites for hydroxylation is 2. The van der Waals surface area contributed by atoms with Crippen molar-refractivity contribution in [3.05, 3.63) is 58.9 Å². The number of H-pyrrole nitrogens is 1. The molecule has 102 valence electrons. The van der Waals surface area contributed by atoms with Crippen molar-refractivity contribution in [2.75, 3.05) is 7.11 Å². The van der Waals surface area contributed by atoms with Crippen LogP contribution < -0.4 is 4.74 Å². The van der Waals surface area contributed by atoms with E-state index >= 15 is 0 Å². The topological polar surface area (TPSA) is 37.9 Å².